The summed E-state index contributed by atoms with van der Waals surface area (Å²) in [6.45, 7) is 4.14. The highest BCUT2D eigenvalue weighted by atomic mass is 32.1. The smallest absolute Gasteiger partial charge is 0.272 e. The second kappa shape index (κ2) is 6.42. The molecule has 0 saturated heterocycles. The van der Waals surface area contributed by atoms with Crippen LogP contribution in [-0.2, 0) is 6.54 Å². The Morgan fingerprint density at radius 2 is 2.15 bits per heavy atom. The van der Waals surface area contributed by atoms with Gasteiger partial charge in [-0.15, -0.1) is 0 Å². The first-order chi connectivity index (χ1) is 12.5. The van der Waals surface area contributed by atoms with Crippen molar-refractivity contribution in [2.24, 2.45) is 0 Å². The molecule has 0 spiro atoms. The highest BCUT2D eigenvalue weighted by Gasteiger charge is 2.20. The summed E-state index contributed by atoms with van der Waals surface area (Å²) in [5.74, 6) is -0.557. The van der Waals surface area contributed by atoms with Crippen molar-refractivity contribution in [1.29, 1.82) is 0 Å². The summed E-state index contributed by atoms with van der Waals surface area (Å²) in [5, 5.41) is 2.94. The van der Waals surface area contributed by atoms with Crippen molar-refractivity contribution in [3.05, 3.63) is 70.3 Å². The van der Waals surface area contributed by atoms with Crippen molar-refractivity contribution < 1.29 is 13.6 Å². The molecule has 1 N–H and O–H groups in total. The number of hydrogen-bond donors (Lipinski definition) is 1. The van der Waals surface area contributed by atoms with E-state index in [-0.39, 0.29) is 11.7 Å². The molecule has 26 heavy (non-hydrogen) atoms. The van der Waals surface area contributed by atoms with E-state index in [0.717, 1.165) is 27.3 Å². The number of aromatic nitrogens is 2. The number of amides is 1. The van der Waals surface area contributed by atoms with Crippen LogP contribution in [0.2, 0.25) is 0 Å². The maximum absolute atomic E-state index is 13.5. The fourth-order valence-corrected chi connectivity index (χ4v) is 3.65. The topological polar surface area (TPSA) is 60.1 Å². The molecule has 0 atom stereocenters. The first-order valence-electron chi connectivity index (χ1n) is 8.08. The number of halogens is 1. The maximum Gasteiger partial charge on any atom is 0.272 e. The zero-order valence-electron chi connectivity index (χ0n) is 14.2. The van der Waals surface area contributed by atoms with Crippen molar-refractivity contribution in [2.75, 3.05) is 5.32 Å². The van der Waals surface area contributed by atoms with Crippen LogP contribution in [0.1, 0.15) is 26.6 Å². The fourth-order valence-electron chi connectivity index (χ4n) is 2.99. The van der Waals surface area contributed by atoms with Crippen molar-refractivity contribution in [1.82, 2.24) is 8.94 Å². The van der Waals surface area contributed by atoms with Crippen LogP contribution >= 0.6 is 11.5 Å². The Bertz CT molecular complexity index is 1090. The molecule has 0 saturated carbocycles. The minimum Gasteiger partial charge on any atom is -0.463 e. The van der Waals surface area contributed by atoms with E-state index < -0.39 is 0 Å². The average Bonchev–Trinajstić information content (AvgIpc) is 3.27. The van der Waals surface area contributed by atoms with Gasteiger partial charge in [-0.1, -0.05) is 12.1 Å². The van der Waals surface area contributed by atoms with E-state index in [1.54, 1.807) is 24.5 Å². The first-order valence-corrected chi connectivity index (χ1v) is 8.85. The number of fused-ring (bicyclic) bond motifs is 1. The monoisotopic (exact) mass is 369 g/mol. The molecule has 0 unspecified atom stereocenters. The molecular formula is C19H16FN3O2S. The maximum atomic E-state index is 13.5. The Balaban J connectivity index is 1.73. The van der Waals surface area contributed by atoms with Gasteiger partial charge in [-0.2, -0.15) is 4.37 Å². The Labute approximate surface area is 153 Å². The van der Waals surface area contributed by atoms with Gasteiger partial charge < -0.3 is 14.3 Å². The molecule has 3 aromatic heterocycles. The summed E-state index contributed by atoms with van der Waals surface area (Å²) in [6, 6.07) is 9.85. The minimum atomic E-state index is -0.306. The van der Waals surface area contributed by atoms with Gasteiger partial charge in [0.15, 0.2) is 5.58 Å². The Morgan fingerprint density at radius 1 is 1.31 bits per heavy atom. The summed E-state index contributed by atoms with van der Waals surface area (Å²) in [5.41, 5.74) is 4.14. The molecule has 4 aromatic rings. The summed E-state index contributed by atoms with van der Waals surface area (Å²) < 4.78 is 25.1. The quantitative estimate of drug-likeness (QED) is 0.565. The van der Waals surface area contributed by atoms with Gasteiger partial charge in [0.1, 0.15) is 11.5 Å². The number of carbonyl (C=O) groups excluding carboxylic acids is 1. The Morgan fingerprint density at radius 3 is 2.88 bits per heavy atom. The highest BCUT2D eigenvalue weighted by Crippen LogP contribution is 2.26. The van der Waals surface area contributed by atoms with E-state index in [4.69, 9.17) is 4.42 Å². The number of hydrogen-bond acceptors (Lipinski definition) is 4. The SMILES string of the molecule is Cc1nsc(C)c1NC(=O)c1cc2occc2n1Cc1cccc(F)c1. The largest absolute Gasteiger partial charge is 0.463 e. The fraction of sp³-hybridized carbons (Fsp3) is 0.158. The van der Waals surface area contributed by atoms with Crippen LogP contribution in [0.5, 0.6) is 0 Å². The molecule has 0 aliphatic carbocycles. The van der Waals surface area contributed by atoms with E-state index in [0.29, 0.717) is 17.8 Å². The van der Waals surface area contributed by atoms with Gasteiger partial charge in [0, 0.05) is 23.6 Å². The van der Waals surface area contributed by atoms with E-state index >= 15 is 0 Å². The van der Waals surface area contributed by atoms with Crippen LogP contribution in [-0.4, -0.2) is 14.8 Å². The van der Waals surface area contributed by atoms with Crippen molar-refractivity contribution in [2.45, 2.75) is 20.4 Å². The van der Waals surface area contributed by atoms with Crippen molar-refractivity contribution in [3.63, 3.8) is 0 Å². The third-order valence-corrected chi connectivity index (χ3v) is 5.10. The predicted octanol–water partition coefficient (Wildman–Crippen LogP) is 4.75. The van der Waals surface area contributed by atoms with Crippen LogP contribution in [0.15, 0.2) is 47.1 Å². The third-order valence-electron chi connectivity index (χ3n) is 4.26. The van der Waals surface area contributed by atoms with Crippen LogP contribution in [0.4, 0.5) is 10.1 Å². The van der Waals surface area contributed by atoms with E-state index in [1.807, 2.05) is 24.5 Å². The second-order valence-corrected chi connectivity index (χ2v) is 7.05. The number of carbonyl (C=O) groups is 1. The number of nitrogens with one attached hydrogen (secondary N) is 1. The predicted molar refractivity (Wildman–Crippen MR) is 99.2 cm³/mol. The van der Waals surface area contributed by atoms with Crippen molar-refractivity contribution >= 4 is 34.2 Å². The standard InChI is InChI=1S/C19H16FN3O2S/c1-11-18(12(2)26-22-11)21-19(24)16-9-17-15(6-7-25-17)23(16)10-13-4-3-5-14(20)8-13/h3-9H,10H2,1-2H3,(H,21,24). The van der Waals surface area contributed by atoms with Gasteiger partial charge in [-0.25, -0.2) is 4.39 Å². The molecule has 132 valence electrons. The summed E-state index contributed by atoms with van der Waals surface area (Å²) >= 11 is 1.35. The number of rotatable bonds is 4. The number of anilines is 1. The zero-order valence-corrected chi connectivity index (χ0v) is 15.1. The lowest BCUT2D eigenvalue weighted by atomic mass is 10.2. The first kappa shape index (κ1) is 16.5. The molecule has 1 amide bonds. The van der Waals surface area contributed by atoms with Gasteiger partial charge in [0.2, 0.25) is 0 Å². The second-order valence-electron chi connectivity index (χ2n) is 6.07. The number of furan rings is 1. The Kier molecular flexibility index (Phi) is 4.08. The van der Waals surface area contributed by atoms with Gasteiger partial charge >= 0.3 is 0 Å². The summed E-state index contributed by atoms with van der Waals surface area (Å²) in [6.07, 6.45) is 1.57. The molecule has 7 heteroatoms. The van der Waals surface area contributed by atoms with Gasteiger partial charge in [0.25, 0.3) is 5.91 Å². The molecule has 0 radical (unpaired) electrons. The van der Waals surface area contributed by atoms with Gasteiger partial charge in [-0.05, 0) is 43.1 Å². The highest BCUT2D eigenvalue weighted by molar-refractivity contribution is 7.06. The van der Waals surface area contributed by atoms with Crippen LogP contribution in [0.25, 0.3) is 11.1 Å². The molecule has 0 fully saturated rings. The van der Waals surface area contributed by atoms with E-state index in [2.05, 4.69) is 9.69 Å². The normalized spacial score (nSPS) is 11.2. The third kappa shape index (κ3) is 2.90. The van der Waals surface area contributed by atoms with Crippen LogP contribution in [0.3, 0.4) is 0 Å². The molecule has 4 rings (SSSR count). The van der Waals surface area contributed by atoms with Crippen molar-refractivity contribution in [3.8, 4) is 0 Å². The number of aryl methyl sites for hydroxylation is 2. The molecule has 0 aliphatic heterocycles. The summed E-state index contributed by atoms with van der Waals surface area (Å²) in [7, 11) is 0. The van der Waals surface area contributed by atoms with E-state index in [9.17, 15) is 9.18 Å². The van der Waals surface area contributed by atoms with Crippen LogP contribution in [0, 0.1) is 19.7 Å². The zero-order chi connectivity index (χ0) is 18.3. The minimum absolute atomic E-state index is 0.251. The molecule has 0 bridgehead atoms. The number of benzene rings is 1. The number of nitrogens with zero attached hydrogens (tertiary/aromatic N) is 2. The van der Waals surface area contributed by atoms with Gasteiger partial charge in [0.05, 0.1) is 23.2 Å². The average molecular weight is 369 g/mol. The molecule has 3 heterocycles. The Hall–Kier alpha value is -2.93. The van der Waals surface area contributed by atoms with Gasteiger partial charge in [-0.3, -0.25) is 4.79 Å². The molecule has 1 aromatic carbocycles. The van der Waals surface area contributed by atoms with E-state index in [1.165, 1.54) is 23.7 Å². The summed E-state index contributed by atoms with van der Waals surface area (Å²) in [4.78, 5) is 13.8. The lowest BCUT2D eigenvalue weighted by molar-refractivity contribution is 0.101. The molecule has 5 nitrogen and oxygen atoms in total. The lowest BCUT2D eigenvalue weighted by Crippen LogP contribution is -2.18. The lowest BCUT2D eigenvalue weighted by Gasteiger charge is -2.11. The van der Waals surface area contributed by atoms with Crippen LogP contribution < -0.4 is 5.32 Å². The molecular weight excluding hydrogens is 353 g/mol. The molecule has 0 aliphatic rings.